The van der Waals surface area contributed by atoms with Crippen molar-refractivity contribution in [1.29, 1.82) is 0 Å². The third-order valence-electron chi connectivity index (χ3n) is 8.84. The number of piperidine rings is 2. The number of hydrogen-bond donors (Lipinski definition) is 1. The molecule has 0 aliphatic carbocycles. The fourth-order valence-electron chi connectivity index (χ4n) is 6.56. The highest BCUT2D eigenvalue weighted by Crippen LogP contribution is 2.42. The van der Waals surface area contributed by atoms with Gasteiger partial charge in [0.05, 0.1) is 22.8 Å². The number of benzene rings is 3. The largest absolute Gasteiger partial charge is 0.496 e. The minimum atomic E-state index is -0.869. The quantitative estimate of drug-likeness (QED) is 0.313. The number of hydrogen-bond acceptors (Lipinski definition) is 4. The third kappa shape index (κ3) is 6.18. The van der Waals surface area contributed by atoms with Crippen LogP contribution in [-0.2, 0) is 11.0 Å². The van der Waals surface area contributed by atoms with E-state index < -0.39 is 5.60 Å². The smallest absolute Gasteiger partial charge is 0.253 e. The van der Waals surface area contributed by atoms with Gasteiger partial charge in [0.2, 0.25) is 0 Å². The van der Waals surface area contributed by atoms with Crippen LogP contribution < -0.4 is 4.74 Å². The molecule has 2 heterocycles. The second-order valence-corrected chi connectivity index (χ2v) is 12.1. The number of methoxy groups -OCH3 is 1. The zero-order chi connectivity index (χ0) is 28.2. The fourth-order valence-corrected chi connectivity index (χ4v) is 6.86. The Morgan fingerprint density at radius 1 is 0.925 bits per heavy atom. The number of likely N-dealkylation sites (tertiary alicyclic amines) is 2. The molecule has 2 aliphatic rings. The molecule has 40 heavy (non-hydrogen) atoms. The van der Waals surface area contributed by atoms with Crippen molar-refractivity contribution in [2.45, 2.75) is 49.5 Å². The van der Waals surface area contributed by atoms with Crippen molar-refractivity contribution in [3.05, 3.63) is 99.5 Å². The summed E-state index contributed by atoms with van der Waals surface area (Å²) in [6, 6.07) is 23.3. The summed E-state index contributed by atoms with van der Waals surface area (Å²) in [6.07, 6.45) is 5.21. The molecule has 1 amide bonds. The van der Waals surface area contributed by atoms with Gasteiger partial charge in [0, 0.05) is 42.7 Å². The van der Waals surface area contributed by atoms with Crippen molar-refractivity contribution < 1.29 is 14.6 Å². The standard InChI is InChI=1S/C33H38Cl2N2O3/c1-40-30-12-6-5-11-27(30)33(39)17-21-36(22-18-33)19-7-15-32(26-13-14-28(34)29(35)23-26)16-8-20-37(24-32)31(38)25-9-3-2-4-10-25/h2-6,9-14,23,39H,7-8,15-22,24H2,1H3. The van der Waals surface area contributed by atoms with E-state index in [1.165, 1.54) is 0 Å². The lowest BCUT2D eigenvalue weighted by Crippen LogP contribution is -2.49. The summed E-state index contributed by atoms with van der Waals surface area (Å²) in [4.78, 5) is 17.9. The minimum absolute atomic E-state index is 0.0800. The van der Waals surface area contributed by atoms with Crippen LogP contribution in [0.25, 0.3) is 0 Å². The van der Waals surface area contributed by atoms with Gasteiger partial charge < -0.3 is 19.6 Å². The maximum atomic E-state index is 13.4. The Morgan fingerprint density at radius 2 is 1.65 bits per heavy atom. The zero-order valence-electron chi connectivity index (χ0n) is 23.1. The monoisotopic (exact) mass is 580 g/mol. The van der Waals surface area contributed by atoms with Gasteiger partial charge in [-0.25, -0.2) is 0 Å². The maximum Gasteiger partial charge on any atom is 0.253 e. The van der Waals surface area contributed by atoms with E-state index in [1.54, 1.807) is 7.11 Å². The molecule has 3 aromatic rings. The molecular formula is C33H38Cl2N2O3. The van der Waals surface area contributed by atoms with Crippen molar-refractivity contribution in [2.24, 2.45) is 0 Å². The number of halogens is 2. The van der Waals surface area contributed by atoms with Crippen LogP contribution >= 0.6 is 23.2 Å². The van der Waals surface area contributed by atoms with Crippen LogP contribution in [0.4, 0.5) is 0 Å². The Balaban J connectivity index is 1.27. The molecule has 5 nitrogen and oxygen atoms in total. The van der Waals surface area contributed by atoms with Gasteiger partial charge in [-0.3, -0.25) is 4.79 Å². The van der Waals surface area contributed by atoms with Crippen LogP contribution in [-0.4, -0.2) is 60.6 Å². The summed E-state index contributed by atoms with van der Waals surface area (Å²) in [6.45, 7) is 4.01. The second-order valence-electron chi connectivity index (χ2n) is 11.3. The van der Waals surface area contributed by atoms with Crippen LogP contribution in [0.3, 0.4) is 0 Å². The molecule has 3 aromatic carbocycles. The number of rotatable bonds is 8. The molecule has 0 saturated carbocycles. The Hall–Kier alpha value is -2.57. The van der Waals surface area contributed by atoms with Gasteiger partial charge in [-0.2, -0.15) is 0 Å². The predicted octanol–water partition coefficient (Wildman–Crippen LogP) is 6.94. The lowest BCUT2D eigenvalue weighted by Gasteiger charge is -2.44. The molecule has 0 spiro atoms. The Morgan fingerprint density at radius 3 is 2.38 bits per heavy atom. The first kappa shape index (κ1) is 28.9. The van der Waals surface area contributed by atoms with Gasteiger partial charge in [0.1, 0.15) is 5.75 Å². The average Bonchev–Trinajstić information content (AvgIpc) is 2.99. The number of amides is 1. The first-order valence-corrected chi connectivity index (χ1v) is 15.0. The summed E-state index contributed by atoms with van der Waals surface area (Å²) in [5, 5.41) is 12.5. The first-order chi connectivity index (χ1) is 19.3. The first-order valence-electron chi connectivity index (χ1n) is 14.2. The van der Waals surface area contributed by atoms with Crippen LogP contribution in [0.15, 0.2) is 72.8 Å². The fraction of sp³-hybridized carbons (Fsp3) is 0.424. The molecule has 1 N–H and O–H groups in total. The SMILES string of the molecule is COc1ccccc1C1(O)CCN(CCCC2(c3ccc(Cl)c(Cl)c3)CCCN(C(=O)c3ccccc3)C2)CC1. The molecule has 2 fully saturated rings. The maximum absolute atomic E-state index is 13.4. The molecule has 7 heteroatoms. The molecular weight excluding hydrogens is 543 g/mol. The van der Waals surface area contributed by atoms with E-state index in [1.807, 2.05) is 71.6 Å². The van der Waals surface area contributed by atoms with E-state index in [-0.39, 0.29) is 11.3 Å². The summed E-state index contributed by atoms with van der Waals surface area (Å²) in [7, 11) is 1.65. The summed E-state index contributed by atoms with van der Waals surface area (Å²) in [5.41, 5.74) is 1.69. The van der Waals surface area contributed by atoms with Crippen molar-refractivity contribution in [1.82, 2.24) is 9.80 Å². The molecule has 0 aromatic heterocycles. The highest BCUT2D eigenvalue weighted by Gasteiger charge is 2.40. The normalized spacial score (nSPS) is 21.2. The summed E-state index contributed by atoms with van der Waals surface area (Å²) < 4.78 is 5.53. The van der Waals surface area contributed by atoms with Crippen LogP contribution in [0.1, 0.15) is 60.0 Å². The van der Waals surface area contributed by atoms with Crippen molar-refractivity contribution in [3.8, 4) is 5.75 Å². The number of carbonyl (C=O) groups is 1. The summed E-state index contributed by atoms with van der Waals surface area (Å²) >= 11 is 12.8. The highest BCUT2D eigenvalue weighted by atomic mass is 35.5. The highest BCUT2D eigenvalue weighted by molar-refractivity contribution is 6.42. The number of para-hydroxylation sites is 1. The second kappa shape index (κ2) is 12.5. The minimum Gasteiger partial charge on any atom is -0.496 e. The average molecular weight is 582 g/mol. The van der Waals surface area contributed by atoms with E-state index in [2.05, 4.69) is 11.0 Å². The number of aliphatic hydroxyl groups is 1. The van der Waals surface area contributed by atoms with Crippen LogP contribution in [0.5, 0.6) is 5.75 Å². The van der Waals surface area contributed by atoms with Gasteiger partial charge in [0.15, 0.2) is 0 Å². The van der Waals surface area contributed by atoms with Crippen molar-refractivity contribution in [3.63, 3.8) is 0 Å². The molecule has 1 unspecified atom stereocenters. The van der Waals surface area contributed by atoms with E-state index >= 15 is 0 Å². The summed E-state index contributed by atoms with van der Waals surface area (Å²) in [5.74, 6) is 0.824. The number of ether oxygens (including phenoxy) is 1. The van der Waals surface area contributed by atoms with E-state index in [4.69, 9.17) is 27.9 Å². The topological polar surface area (TPSA) is 53.0 Å². The number of carbonyl (C=O) groups excluding carboxylic acids is 1. The third-order valence-corrected chi connectivity index (χ3v) is 9.58. The van der Waals surface area contributed by atoms with Gasteiger partial charge in [-0.15, -0.1) is 0 Å². The van der Waals surface area contributed by atoms with Crippen LogP contribution in [0, 0.1) is 0 Å². The van der Waals surface area contributed by atoms with Gasteiger partial charge >= 0.3 is 0 Å². The predicted molar refractivity (Wildman–Crippen MR) is 162 cm³/mol. The number of nitrogens with zero attached hydrogens (tertiary/aromatic N) is 2. The van der Waals surface area contributed by atoms with E-state index in [0.717, 1.165) is 74.3 Å². The van der Waals surface area contributed by atoms with E-state index in [0.29, 0.717) is 29.4 Å². The Bertz CT molecular complexity index is 1310. The zero-order valence-corrected chi connectivity index (χ0v) is 24.6. The lowest BCUT2D eigenvalue weighted by molar-refractivity contribution is -0.0280. The van der Waals surface area contributed by atoms with Crippen LogP contribution in [0.2, 0.25) is 10.0 Å². The Kier molecular flexibility index (Phi) is 9.06. The Labute approximate surface area is 247 Å². The van der Waals surface area contributed by atoms with Crippen molar-refractivity contribution >= 4 is 29.1 Å². The van der Waals surface area contributed by atoms with Gasteiger partial charge in [-0.1, -0.05) is 65.7 Å². The van der Waals surface area contributed by atoms with E-state index in [9.17, 15) is 9.90 Å². The molecule has 1 atom stereocenters. The lowest BCUT2D eigenvalue weighted by atomic mass is 9.70. The molecule has 5 rings (SSSR count). The van der Waals surface area contributed by atoms with Crippen molar-refractivity contribution in [2.75, 3.05) is 39.8 Å². The molecule has 2 aliphatic heterocycles. The van der Waals surface area contributed by atoms with Gasteiger partial charge in [0.25, 0.3) is 5.91 Å². The molecule has 0 radical (unpaired) electrons. The van der Waals surface area contributed by atoms with Gasteiger partial charge in [-0.05, 0) is 81.0 Å². The molecule has 2 saturated heterocycles. The molecule has 0 bridgehead atoms. The molecule has 212 valence electrons.